The van der Waals surface area contributed by atoms with E-state index in [1.165, 1.54) is 14.2 Å². The van der Waals surface area contributed by atoms with Crippen molar-refractivity contribution >= 4 is 52.4 Å². The van der Waals surface area contributed by atoms with Gasteiger partial charge in [0, 0.05) is 0 Å². The number of hydrogen-bond acceptors (Lipinski definition) is 4. The molecule has 0 bridgehead atoms. The highest BCUT2D eigenvalue weighted by Crippen LogP contribution is 2.44. The third-order valence-corrected chi connectivity index (χ3v) is 5.50. The highest BCUT2D eigenvalue weighted by molar-refractivity contribution is 6.44. The van der Waals surface area contributed by atoms with Gasteiger partial charge in [-0.15, -0.1) is 0 Å². The first-order valence-corrected chi connectivity index (χ1v) is 9.08. The first kappa shape index (κ1) is 21.0. The van der Waals surface area contributed by atoms with Crippen LogP contribution in [0.1, 0.15) is 24.0 Å². The lowest BCUT2D eigenvalue weighted by Gasteiger charge is -2.21. The maximum Gasteiger partial charge on any atom is 0.318 e. The Bertz CT molecular complexity index is 764. The van der Waals surface area contributed by atoms with Crippen LogP contribution in [-0.4, -0.2) is 26.8 Å². The van der Waals surface area contributed by atoms with E-state index in [1.54, 1.807) is 31.2 Å². The predicted octanol–water partition coefficient (Wildman–Crippen LogP) is 6.01. The van der Waals surface area contributed by atoms with Crippen molar-refractivity contribution < 1.29 is 19.0 Å². The molecule has 0 aliphatic carbocycles. The van der Waals surface area contributed by atoms with E-state index in [2.05, 4.69) is 0 Å². The summed E-state index contributed by atoms with van der Waals surface area (Å²) in [6.45, 7) is 1.90. The molecule has 8 heteroatoms. The van der Waals surface area contributed by atoms with Crippen LogP contribution >= 0.6 is 46.4 Å². The van der Waals surface area contributed by atoms with Gasteiger partial charge >= 0.3 is 5.97 Å². The van der Waals surface area contributed by atoms with E-state index >= 15 is 0 Å². The minimum absolute atomic E-state index is 0.173. The predicted molar refractivity (Wildman–Crippen MR) is 105 cm³/mol. The van der Waals surface area contributed by atoms with Gasteiger partial charge < -0.3 is 14.2 Å². The van der Waals surface area contributed by atoms with Crippen molar-refractivity contribution in [2.75, 3.05) is 20.8 Å². The smallest absolute Gasteiger partial charge is 0.318 e. The van der Waals surface area contributed by atoms with E-state index in [9.17, 15) is 4.79 Å². The molecule has 0 atom stereocenters. The molecule has 26 heavy (non-hydrogen) atoms. The Kier molecular flexibility index (Phi) is 7.30. The van der Waals surface area contributed by atoms with Gasteiger partial charge in [0.1, 0.15) is 27.5 Å². The quantitative estimate of drug-likeness (QED) is 0.519. The lowest BCUT2D eigenvalue weighted by molar-refractivity contribution is -0.143. The summed E-state index contributed by atoms with van der Waals surface area (Å²) in [5.41, 5.74) is 0.859. The van der Waals surface area contributed by atoms with E-state index in [4.69, 9.17) is 60.6 Å². The van der Waals surface area contributed by atoms with Gasteiger partial charge in [-0.2, -0.15) is 0 Å². The zero-order valence-electron chi connectivity index (χ0n) is 14.2. The number of ether oxygens (including phenoxy) is 3. The first-order chi connectivity index (χ1) is 12.4. The number of rotatable bonds is 6. The van der Waals surface area contributed by atoms with Crippen LogP contribution in [-0.2, 0) is 9.53 Å². The minimum atomic E-state index is -0.915. The molecule has 0 aliphatic rings. The second-order valence-corrected chi connectivity index (χ2v) is 6.67. The molecular weight excluding hydrogens is 422 g/mol. The van der Waals surface area contributed by atoms with Crippen molar-refractivity contribution in [2.45, 2.75) is 12.8 Å². The van der Waals surface area contributed by atoms with Crippen LogP contribution in [0.25, 0.3) is 0 Å². The summed E-state index contributed by atoms with van der Waals surface area (Å²) in [5, 5.41) is 0.729. The van der Waals surface area contributed by atoms with Crippen LogP contribution in [0, 0.1) is 0 Å². The number of halogens is 4. The monoisotopic (exact) mass is 436 g/mol. The van der Waals surface area contributed by atoms with Gasteiger partial charge in [-0.1, -0.05) is 58.5 Å². The van der Waals surface area contributed by atoms with Gasteiger partial charge in [0.2, 0.25) is 0 Å². The van der Waals surface area contributed by atoms with Gasteiger partial charge in [-0.3, -0.25) is 4.79 Å². The van der Waals surface area contributed by atoms with Crippen LogP contribution in [0.5, 0.6) is 11.5 Å². The average molecular weight is 438 g/mol. The number of hydrogen-bond donors (Lipinski definition) is 0. The second kappa shape index (κ2) is 9.05. The van der Waals surface area contributed by atoms with Crippen LogP contribution in [0.2, 0.25) is 20.1 Å². The molecule has 0 amide bonds. The van der Waals surface area contributed by atoms with Crippen LogP contribution in [0.4, 0.5) is 0 Å². The lowest BCUT2D eigenvalue weighted by Crippen LogP contribution is -2.18. The number of esters is 1. The molecule has 0 spiro atoms. The van der Waals surface area contributed by atoms with E-state index in [0.29, 0.717) is 22.6 Å². The Morgan fingerprint density at radius 2 is 1.27 bits per heavy atom. The molecule has 0 saturated carbocycles. The van der Waals surface area contributed by atoms with Crippen molar-refractivity contribution in [1.82, 2.24) is 0 Å². The van der Waals surface area contributed by atoms with Gasteiger partial charge in [0.05, 0.1) is 30.9 Å². The maximum absolute atomic E-state index is 12.7. The topological polar surface area (TPSA) is 44.8 Å². The molecular formula is C18H16Cl4O4. The van der Waals surface area contributed by atoms with Gasteiger partial charge in [0.15, 0.2) is 0 Å². The Labute approximate surface area is 171 Å². The summed E-state index contributed by atoms with van der Waals surface area (Å²) >= 11 is 25.3. The van der Waals surface area contributed by atoms with Gasteiger partial charge in [-0.05, 0) is 30.2 Å². The second-order valence-electron chi connectivity index (χ2n) is 5.16. The highest BCUT2D eigenvalue weighted by Gasteiger charge is 2.31. The number of carbonyl (C=O) groups is 1. The standard InChI is InChI=1S/C18H16Cl4O4/c1-4-26-18(23)13(9-5-7-11(24-2)16(21)14(9)19)10-6-8-12(25-3)17(22)15(10)20/h5-8,13H,4H2,1-3H3. The summed E-state index contributed by atoms with van der Waals surface area (Å²) in [4.78, 5) is 12.7. The fraction of sp³-hybridized carbons (Fsp3) is 0.278. The van der Waals surface area contributed by atoms with Gasteiger partial charge in [-0.25, -0.2) is 0 Å². The first-order valence-electron chi connectivity index (χ1n) is 7.57. The Morgan fingerprint density at radius 3 is 1.62 bits per heavy atom. The van der Waals surface area contributed by atoms with Crippen LogP contribution in [0.15, 0.2) is 24.3 Å². The molecule has 2 aromatic carbocycles. The normalized spacial score (nSPS) is 10.8. The van der Waals surface area contributed by atoms with Crippen molar-refractivity contribution in [1.29, 1.82) is 0 Å². The van der Waals surface area contributed by atoms with E-state index in [1.807, 2.05) is 0 Å². The highest BCUT2D eigenvalue weighted by atomic mass is 35.5. The molecule has 2 rings (SSSR count). The molecule has 0 aromatic heterocycles. The van der Waals surface area contributed by atoms with E-state index in [-0.39, 0.29) is 26.7 Å². The summed E-state index contributed by atoms with van der Waals surface area (Å²) in [5.74, 6) is -0.663. The third kappa shape index (κ3) is 3.99. The summed E-state index contributed by atoms with van der Waals surface area (Å²) in [6.07, 6.45) is 0. The zero-order chi connectivity index (χ0) is 19.4. The minimum Gasteiger partial charge on any atom is -0.495 e. The summed E-state index contributed by atoms with van der Waals surface area (Å²) in [6, 6.07) is 6.52. The SMILES string of the molecule is CCOC(=O)C(c1ccc(OC)c(Cl)c1Cl)c1ccc(OC)c(Cl)c1Cl. The fourth-order valence-corrected chi connectivity index (χ4v) is 3.53. The van der Waals surface area contributed by atoms with E-state index < -0.39 is 11.9 Å². The van der Waals surface area contributed by atoms with Crippen molar-refractivity contribution in [3.8, 4) is 11.5 Å². The Hall–Kier alpha value is -1.33. The summed E-state index contributed by atoms with van der Waals surface area (Å²) in [7, 11) is 2.94. The number of carbonyl (C=O) groups excluding carboxylic acids is 1. The van der Waals surface area contributed by atoms with Crippen LogP contribution in [0.3, 0.4) is 0 Å². The summed E-state index contributed by atoms with van der Waals surface area (Å²) < 4.78 is 15.5. The Balaban J connectivity index is 2.69. The lowest BCUT2D eigenvalue weighted by atomic mass is 9.91. The average Bonchev–Trinajstić information content (AvgIpc) is 2.63. The molecule has 0 aliphatic heterocycles. The maximum atomic E-state index is 12.7. The molecule has 0 unspecified atom stereocenters. The zero-order valence-corrected chi connectivity index (χ0v) is 17.3. The Morgan fingerprint density at radius 1 is 0.846 bits per heavy atom. The molecule has 140 valence electrons. The molecule has 4 nitrogen and oxygen atoms in total. The number of benzene rings is 2. The van der Waals surface area contributed by atoms with E-state index in [0.717, 1.165) is 0 Å². The number of methoxy groups -OCH3 is 2. The molecule has 0 heterocycles. The molecule has 0 saturated heterocycles. The largest absolute Gasteiger partial charge is 0.495 e. The molecule has 2 aromatic rings. The van der Waals surface area contributed by atoms with Crippen molar-refractivity contribution in [2.24, 2.45) is 0 Å². The molecule has 0 N–H and O–H groups in total. The van der Waals surface area contributed by atoms with Crippen molar-refractivity contribution in [3.63, 3.8) is 0 Å². The molecule has 0 radical (unpaired) electrons. The van der Waals surface area contributed by atoms with Crippen molar-refractivity contribution in [3.05, 3.63) is 55.5 Å². The van der Waals surface area contributed by atoms with Crippen LogP contribution < -0.4 is 9.47 Å². The van der Waals surface area contributed by atoms with Gasteiger partial charge in [0.25, 0.3) is 0 Å². The fourth-order valence-electron chi connectivity index (χ4n) is 2.50. The molecule has 0 fully saturated rings. The third-order valence-electron chi connectivity index (χ3n) is 3.74.